The van der Waals surface area contributed by atoms with Crippen LogP contribution >= 0.6 is 15.9 Å². The first-order chi connectivity index (χ1) is 9.38. The highest BCUT2D eigenvalue weighted by molar-refractivity contribution is 9.10. The van der Waals surface area contributed by atoms with E-state index in [1.165, 1.54) is 6.07 Å². The van der Waals surface area contributed by atoms with Crippen molar-refractivity contribution in [2.75, 3.05) is 6.61 Å². The molecule has 2 rings (SSSR count). The van der Waals surface area contributed by atoms with Gasteiger partial charge in [0.25, 0.3) is 0 Å². The Labute approximate surface area is 126 Å². The van der Waals surface area contributed by atoms with E-state index in [1.807, 2.05) is 0 Å². The van der Waals surface area contributed by atoms with E-state index in [1.54, 1.807) is 0 Å². The molecule has 1 fully saturated rings. The molecule has 1 aromatic rings. The summed E-state index contributed by atoms with van der Waals surface area (Å²) in [4.78, 5) is -0.0164. The maximum Gasteiger partial charge on any atom is 0.242 e. The summed E-state index contributed by atoms with van der Waals surface area (Å²) in [7, 11) is -3.80. The number of aliphatic hydroxyl groups is 1. The van der Waals surface area contributed by atoms with Crippen molar-refractivity contribution in [1.82, 2.24) is 4.72 Å². The van der Waals surface area contributed by atoms with Crippen molar-refractivity contribution < 1.29 is 17.9 Å². The molecule has 0 unspecified atom stereocenters. The highest BCUT2D eigenvalue weighted by Crippen LogP contribution is 2.31. The summed E-state index contributed by atoms with van der Waals surface area (Å²) < 4.78 is 40.7. The zero-order valence-electron chi connectivity index (χ0n) is 10.9. The lowest BCUT2D eigenvalue weighted by Crippen LogP contribution is -2.52. The number of sulfonamides is 1. The molecular weight excluding hydrogens is 349 g/mol. The fraction of sp³-hybridized carbons (Fsp3) is 0.538. The fourth-order valence-electron chi connectivity index (χ4n) is 2.55. The van der Waals surface area contributed by atoms with Gasteiger partial charge < -0.3 is 5.11 Å². The molecule has 0 amide bonds. The van der Waals surface area contributed by atoms with E-state index >= 15 is 0 Å². The molecule has 0 atom stereocenters. The molecule has 0 bridgehead atoms. The lowest BCUT2D eigenvalue weighted by Gasteiger charge is -2.36. The predicted octanol–water partition coefficient (Wildman–Crippen LogP) is 2.56. The summed E-state index contributed by atoms with van der Waals surface area (Å²) in [5.74, 6) is -0.509. The number of aliphatic hydroxyl groups excluding tert-OH is 1. The maximum atomic E-state index is 13.1. The third-order valence-corrected chi connectivity index (χ3v) is 6.20. The van der Waals surface area contributed by atoms with Gasteiger partial charge >= 0.3 is 0 Å². The molecule has 7 heteroatoms. The first kappa shape index (κ1) is 15.9. The Morgan fingerprint density at radius 3 is 2.50 bits per heavy atom. The minimum Gasteiger partial charge on any atom is -0.394 e. The van der Waals surface area contributed by atoms with Gasteiger partial charge in [-0.05, 0) is 47.0 Å². The van der Waals surface area contributed by atoms with E-state index in [2.05, 4.69) is 20.7 Å². The normalized spacial score (nSPS) is 18.9. The smallest absolute Gasteiger partial charge is 0.242 e. The van der Waals surface area contributed by atoms with Crippen LogP contribution in [0.2, 0.25) is 0 Å². The fourth-order valence-corrected chi connectivity index (χ4v) is 5.06. The lowest BCUT2D eigenvalue weighted by atomic mass is 9.83. The third kappa shape index (κ3) is 3.39. The lowest BCUT2D eigenvalue weighted by molar-refractivity contribution is 0.142. The van der Waals surface area contributed by atoms with Crippen LogP contribution in [-0.4, -0.2) is 25.7 Å². The molecule has 4 nitrogen and oxygen atoms in total. The van der Waals surface area contributed by atoms with Crippen molar-refractivity contribution in [2.45, 2.75) is 42.5 Å². The van der Waals surface area contributed by atoms with Gasteiger partial charge in [0.15, 0.2) is 0 Å². The predicted molar refractivity (Wildman–Crippen MR) is 77.3 cm³/mol. The average molecular weight is 366 g/mol. The highest BCUT2D eigenvalue weighted by Gasteiger charge is 2.36. The van der Waals surface area contributed by atoms with Crippen molar-refractivity contribution in [3.63, 3.8) is 0 Å². The molecule has 0 saturated heterocycles. The summed E-state index contributed by atoms with van der Waals surface area (Å²) in [6, 6.07) is 3.43. The van der Waals surface area contributed by atoms with Gasteiger partial charge in [0.2, 0.25) is 10.0 Å². The molecule has 1 aromatic carbocycles. The van der Waals surface area contributed by atoms with Gasteiger partial charge in [0, 0.05) is 4.47 Å². The summed E-state index contributed by atoms with van der Waals surface area (Å²) >= 11 is 3.07. The van der Waals surface area contributed by atoms with Gasteiger partial charge in [-0.3, -0.25) is 0 Å². The number of benzene rings is 1. The quantitative estimate of drug-likeness (QED) is 0.861. The van der Waals surface area contributed by atoms with Crippen LogP contribution in [0.1, 0.15) is 32.1 Å². The van der Waals surface area contributed by atoms with Gasteiger partial charge in [-0.1, -0.05) is 19.3 Å². The Kier molecular flexibility index (Phi) is 4.84. The van der Waals surface area contributed by atoms with E-state index < -0.39 is 21.4 Å². The van der Waals surface area contributed by atoms with E-state index in [9.17, 15) is 17.9 Å². The zero-order chi connectivity index (χ0) is 14.8. The Balaban J connectivity index is 2.30. The Morgan fingerprint density at radius 2 is 1.95 bits per heavy atom. The first-order valence-corrected chi connectivity index (χ1v) is 8.76. The van der Waals surface area contributed by atoms with Crippen LogP contribution in [0.25, 0.3) is 0 Å². The molecule has 0 radical (unpaired) electrons. The standard InChI is InChI=1S/C13H17BrFNO3S/c14-11-8-10(15)4-5-12(11)20(18,19)16-13(9-17)6-2-1-3-7-13/h4-5,8,16-17H,1-3,6-7,9H2. The second-order valence-electron chi connectivity index (χ2n) is 5.18. The Hall–Kier alpha value is -0.500. The largest absolute Gasteiger partial charge is 0.394 e. The van der Waals surface area contributed by atoms with Crippen molar-refractivity contribution in [1.29, 1.82) is 0 Å². The van der Waals surface area contributed by atoms with Crippen molar-refractivity contribution >= 4 is 26.0 Å². The van der Waals surface area contributed by atoms with Crippen LogP contribution in [0.4, 0.5) is 4.39 Å². The number of halogens is 2. The molecule has 2 N–H and O–H groups in total. The molecule has 0 aromatic heterocycles. The van der Waals surface area contributed by atoms with Crippen LogP contribution in [0.15, 0.2) is 27.6 Å². The summed E-state index contributed by atoms with van der Waals surface area (Å²) in [6.07, 6.45) is 4.04. The third-order valence-electron chi connectivity index (χ3n) is 3.65. The van der Waals surface area contributed by atoms with E-state index in [0.717, 1.165) is 31.4 Å². The number of hydrogen-bond acceptors (Lipinski definition) is 3. The molecule has 1 aliphatic rings. The minimum atomic E-state index is -3.80. The molecule has 1 saturated carbocycles. The number of nitrogens with one attached hydrogen (secondary N) is 1. The topological polar surface area (TPSA) is 66.4 Å². The average Bonchev–Trinajstić information content (AvgIpc) is 2.38. The van der Waals surface area contributed by atoms with Crippen LogP contribution in [0.3, 0.4) is 0 Å². The van der Waals surface area contributed by atoms with E-state index in [-0.39, 0.29) is 16.0 Å². The Bertz CT molecular complexity index is 585. The number of rotatable bonds is 4. The van der Waals surface area contributed by atoms with Crippen molar-refractivity contribution in [3.8, 4) is 0 Å². The molecular formula is C13H17BrFNO3S. The van der Waals surface area contributed by atoms with Crippen LogP contribution in [-0.2, 0) is 10.0 Å². The highest BCUT2D eigenvalue weighted by atomic mass is 79.9. The van der Waals surface area contributed by atoms with Gasteiger partial charge in [-0.15, -0.1) is 0 Å². The summed E-state index contributed by atoms with van der Waals surface area (Å²) in [6.45, 7) is -0.231. The minimum absolute atomic E-state index is 0.0164. The monoisotopic (exact) mass is 365 g/mol. The molecule has 20 heavy (non-hydrogen) atoms. The second kappa shape index (κ2) is 6.09. The molecule has 112 valence electrons. The second-order valence-corrected chi connectivity index (χ2v) is 7.68. The molecule has 0 aliphatic heterocycles. The Morgan fingerprint density at radius 1 is 1.30 bits per heavy atom. The summed E-state index contributed by atoms with van der Waals surface area (Å²) in [5.41, 5.74) is -0.801. The van der Waals surface area contributed by atoms with Crippen LogP contribution in [0.5, 0.6) is 0 Å². The summed E-state index contributed by atoms with van der Waals surface area (Å²) in [5, 5.41) is 9.57. The zero-order valence-corrected chi connectivity index (χ0v) is 13.3. The van der Waals surface area contributed by atoms with E-state index in [0.29, 0.717) is 12.8 Å². The van der Waals surface area contributed by atoms with Gasteiger partial charge in [0.1, 0.15) is 5.82 Å². The van der Waals surface area contributed by atoms with E-state index in [4.69, 9.17) is 0 Å². The van der Waals surface area contributed by atoms with Gasteiger partial charge in [-0.25, -0.2) is 17.5 Å². The van der Waals surface area contributed by atoms with Gasteiger partial charge in [0.05, 0.1) is 17.0 Å². The van der Waals surface area contributed by atoms with Crippen molar-refractivity contribution in [2.24, 2.45) is 0 Å². The molecule has 1 aliphatic carbocycles. The number of hydrogen-bond donors (Lipinski definition) is 2. The molecule has 0 heterocycles. The van der Waals surface area contributed by atoms with Gasteiger partial charge in [-0.2, -0.15) is 0 Å². The maximum absolute atomic E-state index is 13.1. The molecule has 0 spiro atoms. The SMILES string of the molecule is O=S(=O)(NC1(CO)CCCCC1)c1ccc(F)cc1Br. The van der Waals surface area contributed by atoms with Crippen LogP contribution in [0, 0.1) is 5.82 Å². The first-order valence-electron chi connectivity index (χ1n) is 6.48. The van der Waals surface area contributed by atoms with Crippen molar-refractivity contribution in [3.05, 3.63) is 28.5 Å². The van der Waals surface area contributed by atoms with Crippen LogP contribution < -0.4 is 4.72 Å².